The zero-order valence-corrected chi connectivity index (χ0v) is 24.8. The number of amides is 2. The number of carbonyl (C=O) groups excluding carboxylic acids is 2. The molecule has 0 spiro atoms. The van der Waals surface area contributed by atoms with Crippen LogP contribution in [0.2, 0.25) is 0 Å². The molecular weight excluding hydrogens is 530 g/mol. The van der Waals surface area contributed by atoms with Crippen molar-refractivity contribution < 1.29 is 32.9 Å². The third kappa shape index (κ3) is 5.23. The van der Waals surface area contributed by atoms with Gasteiger partial charge in [-0.05, 0) is 72.0 Å². The molecule has 0 aliphatic heterocycles. The molecule has 4 aromatic rings. The van der Waals surface area contributed by atoms with Gasteiger partial charge < -0.3 is 23.8 Å². The molecule has 3 aromatic heterocycles. The molecule has 0 saturated carbocycles. The third-order valence-electron chi connectivity index (χ3n) is 6.07. The molecule has 216 valence electrons. The van der Waals surface area contributed by atoms with Gasteiger partial charge in [0.1, 0.15) is 40.3 Å². The van der Waals surface area contributed by atoms with Crippen LogP contribution in [0.25, 0.3) is 27.8 Å². The van der Waals surface area contributed by atoms with Crippen LogP contribution in [-0.2, 0) is 9.47 Å². The van der Waals surface area contributed by atoms with Gasteiger partial charge in [-0.25, -0.2) is 14.3 Å². The highest BCUT2D eigenvalue weighted by molar-refractivity contribution is 6.15. The number of ether oxygens (including phenoxy) is 3. The summed E-state index contributed by atoms with van der Waals surface area (Å²) in [6.45, 7) is 15.1. The Labute approximate surface area is 237 Å². The Morgan fingerprint density at radius 3 is 2.17 bits per heavy atom. The van der Waals surface area contributed by atoms with Gasteiger partial charge >= 0.3 is 23.7 Å². The van der Waals surface area contributed by atoms with E-state index in [0.29, 0.717) is 32.2 Å². The van der Waals surface area contributed by atoms with Gasteiger partial charge in [0.25, 0.3) is 0 Å². The molecule has 0 fully saturated rings. The smallest absolute Gasteiger partial charge is 0.425 e. The van der Waals surface area contributed by atoms with Crippen molar-refractivity contribution in [1.82, 2.24) is 9.55 Å². The number of pyridine rings is 1. The number of methoxy groups -OCH3 is 1. The van der Waals surface area contributed by atoms with E-state index in [4.69, 9.17) is 18.6 Å². The molecular formula is C29H33N5O7. The Hall–Kier alpha value is -4.79. The van der Waals surface area contributed by atoms with Crippen LogP contribution in [0.4, 0.5) is 15.4 Å². The highest BCUT2D eigenvalue weighted by Gasteiger charge is 2.40. The number of rotatable bonds is 3. The number of nitrogens with zero attached hydrogens (tertiary/aromatic N) is 5. The van der Waals surface area contributed by atoms with Crippen LogP contribution in [0, 0.1) is 37.3 Å². The van der Waals surface area contributed by atoms with Gasteiger partial charge in [-0.3, -0.25) is 4.57 Å². The Bertz CT molecular complexity index is 1720. The summed E-state index contributed by atoms with van der Waals surface area (Å²) in [5.74, 6) is 0.532. The molecule has 2 amide bonds. The maximum absolute atomic E-state index is 13.8. The van der Waals surface area contributed by atoms with Crippen molar-refractivity contribution in [3.63, 3.8) is 0 Å². The molecule has 0 aliphatic carbocycles. The van der Waals surface area contributed by atoms with E-state index in [9.17, 15) is 20.1 Å². The average molecular weight is 564 g/mol. The van der Waals surface area contributed by atoms with Crippen molar-refractivity contribution in [2.24, 2.45) is 0 Å². The fourth-order valence-corrected chi connectivity index (χ4v) is 4.61. The van der Waals surface area contributed by atoms with Crippen LogP contribution in [0.3, 0.4) is 0 Å². The molecule has 1 aromatic carbocycles. The minimum Gasteiger partial charge on any atom is -0.710 e. The SMILES string of the molecule is COc1ccc(C)c(-n2c(N(C(=O)OC(C)(C)C)C(=O)OC(C)(C)C)c(C#N)c3c[n+]([O-])c4nc(C)oc4c32)c1C. The van der Waals surface area contributed by atoms with Gasteiger partial charge in [-0.1, -0.05) is 6.07 Å². The maximum Gasteiger partial charge on any atom is 0.425 e. The molecule has 0 atom stereocenters. The quantitative estimate of drug-likeness (QED) is 0.220. The molecule has 0 bridgehead atoms. The lowest BCUT2D eigenvalue weighted by Crippen LogP contribution is -2.45. The number of fused-ring (bicyclic) bond motifs is 3. The number of nitriles is 1. The summed E-state index contributed by atoms with van der Waals surface area (Å²) in [7, 11) is 1.52. The number of anilines is 1. The van der Waals surface area contributed by atoms with E-state index < -0.39 is 23.4 Å². The number of carbonyl (C=O) groups is 2. The zero-order chi connectivity index (χ0) is 30.6. The van der Waals surface area contributed by atoms with Crippen molar-refractivity contribution in [2.75, 3.05) is 12.0 Å². The highest BCUT2D eigenvalue weighted by atomic mass is 16.6. The number of oxazole rings is 1. The van der Waals surface area contributed by atoms with Gasteiger partial charge in [0, 0.05) is 12.5 Å². The van der Waals surface area contributed by atoms with Gasteiger partial charge in [0.2, 0.25) is 5.58 Å². The molecule has 3 heterocycles. The number of hydrogen-bond acceptors (Lipinski definition) is 9. The Kier molecular flexibility index (Phi) is 7.12. The summed E-state index contributed by atoms with van der Waals surface area (Å²) in [5.41, 5.74) is -0.0607. The van der Waals surface area contributed by atoms with Gasteiger partial charge in [-0.15, -0.1) is 0 Å². The Balaban J connectivity index is 2.28. The lowest BCUT2D eigenvalue weighted by atomic mass is 10.1. The molecule has 41 heavy (non-hydrogen) atoms. The van der Waals surface area contributed by atoms with Crippen molar-refractivity contribution in [1.29, 1.82) is 5.26 Å². The predicted octanol–water partition coefficient (Wildman–Crippen LogP) is 5.89. The van der Waals surface area contributed by atoms with Crippen molar-refractivity contribution in [3.05, 3.63) is 46.1 Å². The lowest BCUT2D eigenvalue weighted by molar-refractivity contribution is -0.577. The minimum absolute atomic E-state index is 0.0379. The standard InChI is InChI=1S/C29H33N5O7/c1-15-11-12-20(38-10)16(2)21(15)33-22-19(14-32(37)24-23(22)39-17(3)31-24)18(13-30)25(33)34(26(35)40-28(4,5)6)27(36)41-29(7,8)9/h11-12,14H,1-10H3. The molecule has 0 aliphatic rings. The molecule has 0 unspecified atom stereocenters. The van der Waals surface area contributed by atoms with Gasteiger partial charge in [0.05, 0.1) is 18.2 Å². The topological polar surface area (TPSA) is 147 Å². The summed E-state index contributed by atoms with van der Waals surface area (Å²) in [4.78, 5) is 32.5. The van der Waals surface area contributed by atoms with Crippen molar-refractivity contribution in [3.8, 4) is 17.5 Å². The summed E-state index contributed by atoms with van der Waals surface area (Å²) in [5, 5.41) is 23.6. The summed E-state index contributed by atoms with van der Waals surface area (Å²) in [6, 6.07) is 5.67. The number of aryl methyl sites for hydroxylation is 2. The highest BCUT2D eigenvalue weighted by Crippen LogP contribution is 2.42. The van der Waals surface area contributed by atoms with Crippen LogP contribution in [0.1, 0.15) is 64.1 Å². The maximum atomic E-state index is 13.8. The van der Waals surface area contributed by atoms with Crippen LogP contribution in [0.15, 0.2) is 22.7 Å². The molecule has 0 N–H and O–H groups in total. The minimum atomic E-state index is -1.08. The first-order valence-electron chi connectivity index (χ1n) is 12.9. The van der Waals surface area contributed by atoms with Crippen LogP contribution in [0.5, 0.6) is 5.75 Å². The van der Waals surface area contributed by atoms with Crippen LogP contribution in [-0.4, -0.2) is 40.0 Å². The van der Waals surface area contributed by atoms with E-state index in [-0.39, 0.29) is 39.4 Å². The van der Waals surface area contributed by atoms with Crippen LogP contribution < -0.4 is 14.4 Å². The summed E-state index contributed by atoms with van der Waals surface area (Å²) >= 11 is 0. The summed E-state index contributed by atoms with van der Waals surface area (Å²) < 4.78 is 24.8. The average Bonchev–Trinajstić information content (AvgIpc) is 3.35. The van der Waals surface area contributed by atoms with Crippen molar-refractivity contribution >= 4 is 40.1 Å². The number of aromatic nitrogens is 3. The van der Waals surface area contributed by atoms with Gasteiger partial charge in [-0.2, -0.15) is 10.2 Å². The monoisotopic (exact) mass is 563 g/mol. The number of hydrogen-bond donors (Lipinski definition) is 0. The Morgan fingerprint density at radius 2 is 1.66 bits per heavy atom. The van der Waals surface area contributed by atoms with E-state index in [1.165, 1.54) is 17.9 Å². The first-order chi connectivity index (χ1) is 19.0. The number of imide groups is 1. The fourth-order valence-electron chi connectivity index (χ4n) is 4.61. The fraction of sp³-hybridized carbons (Fsp3) is 0.414. The Morgan fingerprint density at radius 1 is 1.07 bits per heavy atom. The first kappa shape index (κ1) is 29.2. The third-order valence-corrected chi connectivity index (χ3v) is 6.07. The predicted molar refractivity (Wildman–Crippen MR) is 150 cm³/mol. The lowest BCUT2D eigenvalue weighted by Gasteiger charge is -2.30. The van der Waals surface area contributed by atoms with E-state index in [0.717, 1.165) is 0 Å². The van der Waals surface area contributed by atoms with Crippen molar-refractivity contribution in [2.45, 2.75) is 73.5 Å². The largest absolute Gasteiger partial charge is 0.710 e. The molecule has 0 radical (unpaired) electrons. The second kappa shape index (κ2) is 9.99. The van der Waals surface area contributed by atoms with E-state index in [1.807, 2.05) is 6.92 Å². The normalized spacial score (nSPS) is 11.9. The molecule has 0 saturated heterocycles. The molecule has 12 heteroatoms. The first-order valence-corrected chi connectivity index (χ1v) is 12.9. The second-order valence-corrected chi connectivity index (χ2v) is 11.6. The van der Waals surface area contributed by atoms with Gasteiger partial charge in [0.15, 0.2) is 5.82 Å². The zero-order valence-electron chi connectivity index (χ0n) is 24.8. The molecule has 12 nitrogen and oxygen atoms in total. The second-order valence-electron chi connectivity index (χ2n) is 11.6. The summed E-state index contributed by atoms with van der Waals surface area (Å²) in [6.07, 6.45) is -0.984. The van der Waals surface area contributed by atoms with E-state index in [1.54, 1.807) is 67.5 Å². The van der Waals surface area contributed by atoms with E-state index in [2.05, 4.69) is 11.1 Å². The molecule has 4 rings (SSSR count). The van der Waals surface area contributed by atoms with E-state index >= 15 is 0 Å². The number of benzene rings is 1. The van der Waals surface area contributed by atoms with Crippen LogP contribution >= 0.6 is 0 Å².